The van der Waals surface area contributed by atoms with Crippen molar-refractivity contribution in [1.82, 2.24) is 9.80 Å². The van der Waals surface area contributed by atoms with Crippen LogP contribution in [0.15, 0.2) is 24.3 Å². The van der Waals surface area contributed by atoms with Crippen molar-refractivity contribution in [1.29, 1.82) is 0 Å². The minimum Gasteiger partial charge on any atom is -0.393 e. The maximum atomic E-state index is 12.5. The maximum Gasteiger partial charge on any atom is 0.253 e. The van der Waals surface area contributed by atoms with Gasteiger partial charge in [0.1, 0.15) is 0 Å². The van der Waals surface area contributed by atoms with E-state index in [9.17, 15) is 9.90 Å². The molecular weight excluding hydrogens is 302 g/mol. The minimum atomic E-state index is -0.161. The topological polar surface area (TPSA) is 47.0 Å². The molecule has 5 nitrogen and oxygen atoms in total. The lowest BCUT2D eigenvalue weighted by molar-refractivity contribution is 0.0782. The number of amides is 1. The van der Waals surface area contributed by atoms with E-state index in [1.54, 1.807) is 0 Å². The molecule has 1 aromatic rings. The predicted octanol–water partition coefficient (Wildman–Crippen LogP) is 1.82. The fraction of sp³-hybridized carbons (Fsp3) is 0.632. The predicted molar refractivity (Wildman–Crippen MR) is 96.5 cm³/mol. The second-order valence-corrected chi connectivity index (χ2v) is 7.04. The van der Waals surface area contributed by atoms with Gasteiger partial charge in [0.2, 0.25) is 0 Å². The highest BCUT2D eigenvalue weighted by atomic mass is 16.3. The number of aliphatic hydroxyl groups is 1. The van der Waals surface area contributed by atoms with E-state index in [0.717, 1.165) is 50.3 Å². The summed E-state index contributed by atoms with van der Waals surface area (Å²) >= 11 is 0. The van der Waals surface area contributed by atoms with Gasteiger partial charge in [0.05, 0.1) is 6.10 Å². The number of hydrogen-bond donors (Lipinski definition) is 1. The first-order chi connectivity index (χ1) is 11.6. The fourth-order valence-electron chi connectivity index (χ4n) is 3.56. The summed E-state index contributed by atoms with van der Waals surface area (Å²) in [5.41, 5.74) is 1.89. The molecule has 1 amide bonds. The Morgan fingerprint density at radius 2 is 1.75 bits per heavy atom. The van der Waals surface area contributed by atoms with Crippen molar-refractivity contribution >= 4 is 11.6 Å². The summed E-state index contributed by atoms with van der Waals surface area (Å²) in [5, 5.41) is 9.60. The summed E-state index contributed by atoms with van der Waals surface area (Å²) in [5.74, 6) is 0.0924. The Morgan fingerprint density at radius 1 is 1.12 bits per heavy atom. The number of hydrogen-bond acceptors (Lipinski definition) is 4. The van der Waals surface area contributed by atoms with E-state index in [1.807, 2.05) is 36.2 Å². The largest absolute Gasteiger partial charge is 0.393 e. The summed E-state index contributed by atoms with van der Waals surface area (Å²) in [6.45, 7) is 5.85. The third-order valence-electron chi connectivity index (χ3n) is 5.24. The molecule has 1 N–H and O–H groups in total. The lowest BCUT2D eigenvalue weighted by Gasteiger charge is -2.31. The molecule has 0 unspecified atom stereocenters. The van der Waals surface area contributed by atoms with Crippen molar-refractivity contribution < 1.29 is 9.90 Å². The first-order valence-corrected chi connectivity index (χ1v) is 9.14. The van der Waals surface area contributed by atoms with Crippen LogP contribution in [0.4, 0.5) is 5.69 Å². The zero-order valence-electron chi connectivity index (χ0n) is 14.7. The monoisotopic (exact) mass is 331 g/mol. The zero-order valence-corrected chi connectivity index (χ0v) is 14.7. The van der Waals surface area contributed by atoms with E-state index in [2.05, 4.69) is 9.80 Å². The van der Waals surface area contributed by atoms with Crippen LogP contribution in [0.25, 0.3) is 0 Å². The van der Waals surface area contributed by atoms with Gasteiger partial charge >= 0.3 is 0 Å². The summed E-state index contributed by atoms with van der Waals surface area (Å²) in [4.78, 5) is 19.1. The van der Waals surface area contributed by atoms with Crippen molar-refractivity contribution in [2.45, 2.75) is 31.8 Å². The van der Waals surface area contributed by atoms with E-state index < -0.39 is 0 Å². The molecule has 0 bridgehead atoms. The molecule has 2 saturated heterocycles. The van der Waals surface area contributed by atoms with Crippen molar-refractivity contribution in [3.63, 3.8) is 0 Å². The molecule has 0 saturated carbocycles. The van der Waals surface area contributed by atoms with Crippen LogP contribution in [-0.2, 0) is 0 Å². The lowest BCUT2D eigenvalue weighted by atomic mass is 10.1. The minimum absolute atomic E-state index is 0.0924. The number of aliphatic hydroxyl groups excluding tert-OH is 1. The molecule has 2 aliphatic rings. The number of benzene rings is 1. The number of likely N-dealkylation sites (N-methyl/N-ethyl adjacent to an activating group) is 1. The molecule has 0 radical (unpaired) electrons. The number of carbonyl (C=O) groups is 1. The summed E-state index contributed by atoms with van der Waals surface area (Å²) in [6, 6.07) is 7.91. The van der Waals surface area contributed by atoms with Crippen molar-refractivity contribution in [3.05, 3.63) is 29.8 Å². The van der Waals surface area contributed by atoms with Gasteiger partial charge in [0.25, 0.3) is 5.91 Å². The molecule has 0 spiro atoms. The second kappa shape index (κ2) is 7.99. The number of likely N-dealkylation sites (tertiary alicyclic amines) is 1. The van der Waals surface area contributed by atoms with E-state index >= 15 is 0 Å². The fourth-order valence-corrected chi connectivity index (χ4v) is 3.56. The molecule has 2 fully saturated rings. The van der Waals surface area contributed by atoms with Crippen LogP contribution in [0.2, 0.25) is 0 Å². The van der Waals surface area contributed by atoms with Gasteiger partial charge in [-0.2, -0.15) is 0 Å². The highest BCUT2D eigenvalue weighted by Crippen LogP contribution is 2.21. The van der Waals surface area contributed by atoms with Gasteiger partial charge in [0.15, 0.2) is 0 Å². The molecule has 24 heavy (non-hydrogen) atoms. The number of anilines is 1. The van der Waals surface area contributed by atoms with Crippen LogP contribution in [-0.4, -0.2) is 73.2 Å². The molecule has 132 valence electrons. The Bertz CT molecular complexity index is 532. The third-order valence-corrected chi connectivity index (χ3v) is 5.24. The van der Waals surface area contributed by atoms with Gasteiger partial charge in [0, 0.05) is 44.5 Å². The first-order valence-electron chi connectivity index (χ1n) is 9.14. The molecule has 3 rings (SSSR count). The Hall–Kier alpha value is -1.59. The molecule has 2 aliphatic heterocycles. The second-order valence-electron chi connectivity index (χ2n) is 7.04. The van der Waals surface area contributed by atoms with Gasteiger partial charge in [-0.25, -0.2) is 0 Å². The molecule has 0 aromatic heterocycles. The van der Waals surface area contributed by atoms with Gasteiger partial charge in [-0.15, -0.1) is 0 Å². The first kappa shape index (κ1) is 17.2. The Labute approximate surface area is 144 Å². The van der Waals surface area contributed by atoms with Crippen LogP contribution in [0.3, 0.4) is 0 Å². The smallest absolute Gasteiger partial charge is 0.253 e. The lowest BCUT2D eigenvalue weighted by Crippen LogP contribution is -2.36. The van der Waals surface area contributed by atoms with Gasteiger partial charge in [-0.1, -0.05) is 0 Å². The van der Waals surface area contributed by atoms with Crippen molar-refractivity contribution in [2.24, 2.45) is 0 Å². The van der Waals surface area contributed by atoms with E-state index in [0.29, 0.717) is 0 Å². The van der Waals surface area contributed by atoms with Crippen LogP contribution in [0.5, 0.6) is 0 Å². The van der Waals surface area contributed by atoms with Crippen LogP contribution >= 0.6 is 0 Å². The standard InChI is InChI=1S/C19H29N3O2/c1-20(14-15-21-10-2-3-11-21)19(24)16-4-6-17(7-5-16)22-12-8-18(23)9-13-22/h4-7,18,23H,2-3,8-15H2,1H3. The maximum absolute atomic E-state index is 12.5. The van der Waals surface area contributed by atoms with Gasteiger partial charge in [-0.05, 0) is 63.0 Å². The summed E-state index contributed by atoms with van der Waals surface area (Å²) in [6.07, 6.45) is 4.05. The van der Waals surface area contributed by atoms with E-state index in [1.165, 1.54) is 25.9 Å². The molecule has 1 aromatic carbocycles. The normalized spacial score (nSPS) is 19.7. The Kier molecular flexibility index (Phi) is 5.74. The summed E-state index contributed by atoms with van der Waals surface area (Å²) < 4.78 is 0. The molecular formula is C19H29N3O2. The number of carbonyl (C=O) groups excluding carboxylic acids is 1. The SMILES string of the molecule is CN(CCN1CCCC1)C(=O)c1ccc(N2CCC(O)CC2)cc1. The van der Waals surface area contributed by atoms with Gasteiger partial charge in [-0.3, -0.25) is 4.79 Å². The Morgan fingerprint density at radius 3 is 2.38 bits per heavy atom. The molecule has 0 aliphatic carbocycles. The van der Waals surface area contributed by atoms with Crippen LogP contribution in [0.1, 0.15) is 36.0 Å². The average Bonchev–Trinajstić information content (AvgIpc) is 3.13. The third kappa shape index (κ3) is 4.28. The number of rotatable bonds is 5. The molecule has 5 heteroatoms. The molecule has 2 heterocycles. The van der Waals surface area contributed by atoms with Gasteiger partial charge < -0.3 is 19.8 Å². The van der Waals surface area contributed by atoms with E-state index in [-0.39, 0.29) is 12.0 Å². The average molecular weight is 331 g/mol. The number of piperidine rings is 1. The van der Waals surface area contributed by atoms with Crippen molar-refractivity contribution in [2.75, 3.05) is 51.2 Å². The van der Waals surface area contributed by atoms with Crippen LogP contribution < -0.4 is 4.90 Å². The molecule has 0 atom stereocenters. The zero-order chi connectivity index (χ0) is 16.9. The highest BCUT2D eigenvalue weighted by molar-refractivity contribution is 5.94. The van der Waals surface area contributed by atoms with Crippen LogP contribution in [0, 0.1) is 0 Å². The van der Waals surface area contributed by atoms with E-state index in [4.69, 9.17) is 0 Å². The Balaban J connectivity index is 1.53. The number of nitrogens with zero attached hydrogens (tertiary/aromatic N) is 3. The quantitative estimate of drug-likeness (QED) is 0.894. The summed E-state index contributed by atoms with van der Waals surface area (Å²) in [7, 11) is 1.89. The highest BCUT2D eigenvalue weighted by Gasteiger charge is 2.18. The van der Waals surface area contributed by atoms with Crippen molar-refractivity contribution in [3.8, 4) is 0 Å².